The lowest BCUT2D eigenvalue weighted by Gasteiger charge is -2.34. The molecule has 1 aliphatic rings. The van der Waals surface area contributed by atoms with Gasteiger partial charge in [0.1, 0.15) is 0 Å². The summed E-state index contributed by atoms with van der Waals surface area (Å²) in [5, 5.41) is 7.14. The highest BCUT2D eigenvalue weighted by molar-refractivity contribution is 5.85. The molecule has 2 atom stereocenters. The van der Waals surface area contributed by atoms with E-state index in [9.17, 15) is 13.2 Å². The van der Waals surface area contributed by atoms with Crippen LogP contribution in [-0.2, 0) is 6.54 Å². The number of benzene rings is 1. The topological polar surface area (TPSA) is 77.5 Å². The lowest BCUT2D eigenvalue weighted by atomic mass is 9.92. The molecule has 2 heterocycles. The number of ether oxygens (including phenoxy) is 3. The smallest absolute Gasteiger partial charge is 0.422 e. The average Bonchev–Trinajstić information content (AvgIpc) is 2.77. The van der Waals surface area contributed by atoms with Crippen LogP contribution in [0.1, 0.15) is 57.7 Å². The summed E-state index contributed by atoms with van der Waals surface area (Å²) >= 11 is 0. The van der Waals surface area contributed by atoms with Crippen molar-refractivity contribution in [1.82, 2.24) is 20.6 Å². The SMILES string of the molecule is CC(C)Oc1nc(OCC(F)(F)F)nc(OC(C)C)c1CN[C@H]1CCCN[C@H]1c1ccccc1.Cl.Cl. The number of nitrogens with zero attached hydrogens (tertiary/aromatic N) is 2. The van der Waals surface area contributed by atoms with Gasteiger partial charge >= 0.3 is 12.2 Å². The van der Waals surface area contributed by atoms with Crippen LogP contribution < -0.4 is 24.8 Å². The summed E-state index contributed by atoms with van der Waals surface area (Å²) in [4.78, 5) is 8.27. The molecule has 1 aromatic heterocycles. The molecule has 0 aliphatic carbocycles. The third-order valence-corrected chi connectivity index (χ3v) is 5.13. The number of halogens is 5. The van der Waals surface area contributed by atoms with Gasteiger partial charge in [-0.2, -0.15) is 23.1 Å². The van der Waals surface area contributed by atoms with Gasteiger partial charge in [0.25, 0.3) is 0 Å². The zero-order chi connectivity index (χ0) is 24.7. The van der Waals surface area contributed by atoms with Gasteiger partial charge in [-0.3, -0.25) is 0 Å². The molecular weight excluding hydrogens is 520 g/mol. The third-order valence-electron chi connectivity index (χ3n) is 5.13. The Hall–Kier alpha value is -2.01. The number of alkyl halides is 3. The van der Waals surface area contributed by atoms with Crippen LogP contribution in [-0.4, -0.2) is 47.5 Å². The predicted octanol–water partition coefficient (Wildman–Crippen LogP) is 5.42. The highest BCUT2D eigenvalue weighted by Crippen LogP contribution is 2.31. The van der Waals surface area contributed by atoms with Crippen LogP contribution >= 0.6 is 24.8 Å². The molecule has 12 heteroatoms. The first-order chi connectivity index (χ1) is 16.1. The van der Waals surface area contributed by atoms with Crippen molar-refractivity contribution in [2.45, 2.75) is 77.5 Å². The molecule has 1 fully saturated rings. The van der Waals surface area contributed by atoms with E-state index in [1.165, 1.54) is 5.56 Å². The first kappa shape index (κ1) is 32.0. The minimum Gasteiger partial charge on any atom is -0.474 e. The summed E-state index contributed by atoms with van der Waals surface area (Å²) in [6.07, 6.45) is -3.05. The van der Waals surface area contributed by atoms with E-state index in [-0.39, 0.29) is 60.9 Å². The van der Waals surface area contributed by atoms with Crippen LogP contribution in [0.15, 0.2) is 30.3 Å². The first-order valence-corrected chi connectivity index (χ1v) is 11.6. The van der Waals surface area contributed by atoms with E-state index in [2.05, 4.69) is 32.7 Å². The maximum atomic E-state index is 12.7. The quantitative estimate of drug-likeness (QED) is 0.406. The molecule has 0 bridgehead atoms. The number of piperidine rings is 1. The van der Waals surface area contributed by atoms with Crippen LogP contribution in [0.5, 0.6) is 17.8 Å². The minimum atomic E-state index is -4.51. The fourth-order valence-corrected chi connectivity index (χ4v) is 3.78. The number of hydrogen-bond acceptors (Lipinski definition) is 7. The highest BCUT2D eigenvalue weighted by Gasteiger charge is 2.31. The van der Waals surface area contributed by atoms with E-state index in [1.54, 1.807) is 0 Å². The first-order valence-electron chi connectivity index (χ1n) is 11.6. The molecule has 2 N–H and O–H groups in total. The molecule has 2 aromatic rings. The van der Waals surface area contributed by atoms with Gasteiger partial charge in [0, 0.05) is 18.6 Å². The molecule has 36 heavy (non-hydrogen) atoms. The second-order valence-electron chi connectivity index (χ2n) is 8.80. The Morgan fingerprint density at radius 1 is 1.00 bits per heavy atom. The van der Waals surface area contributed by atoms with Crippen LogP contribution in [0.4, 0.5) is 13.2 Å². The summed E-state index contributed by atoms with van der Waals surface area (Å²) < 4.78 is 54.5. The minimum absolute atomic E-state index is 0. The Balaban J connectivity index is 0.00000324. The van der Waals surface area contributed by atoms with Crippen molar-refractivity contribution in [3.8, 4) is 17.8 Å². The average molecular weight is 555 g/mol. The highest BCUT2D eigenvalue weighted by atomic mass is 35.5. The molecule has 204 valence electrons. The summed E-state index contributed by atoms with van der Waals surface area (Å²) in [6.45, 7) is 7.00. The van der Waals surface area contributed by atoms with Gasteiger partial charge in [0.05, 0.1) is 17.8 Å². The van der Waals surface area contributed by atoms with Crippen molar-refractivity contribution in [1.29, 1.82) is 0 Å². The van der Waals surface area contributed by atoms with Gasteiger partial charge < -0.3 is 24.8 Å². The Labute approximate surface area is 222 Å². The largest absolute Gasteiger partial charge is 0.474 e. The molecule has 1 saturated heterocycles. The van der Waals surface area contributed by atoms with E-state index >= 15 is 0 Å². The molecule has 0 unspecified atom stereocenters. The summed E-state index contributed by atoms with van der Waals surface area (Å²) in [5.74, 6) is 0.288. The zero-order valence-electron chi connectivity index (χ0n) is 20.8. The second kappa shape index (κ2) is 14.7. The van der Waals surface area contributed by atoms with Gasteiger partial charge in [-0.1, -0.05) is 30.3 Å². The predicted molar refractivity (Wildman–Crippen MR) is 137 cm³/mol. The Bertz CT molecular complexity index is 890. The molecule has 3 rings (SSSR count). The van der Waals surface area contributed by atoms with Crippen LogP contribution in [0, 0.1) is 0 Å². The van der Waals surface area contributed by atoms with Crippen LogP contribution in [0.3, 0.4) is 0 Å². The van der Waals surface area contributed by atoms with Gasteiger partial charge in [-0.05, 0) is 52.6 Å². The molecule has 0 radical (unpaired) electrons. The van der Waals surface area contributed by atoms with Crippen LogP contribution in [0.2, 0.25) is 0 Å². The van der Waals surface area contributed by atoms with Gasteiger partial charge in [0.2, 0.25) is 11.8 Å². The van der Waals surface area contributed by atoms with Gasteiger partial charge in [-0.25, -0.2) is 0 Å². The van der Waals surface area contributed by atoms with E-state index < -0.39 is 18.8 Å². The third kappa shape index (κ3) is 9.80. The van der Waals surface area contributed by atoms with E-state index in [0.717, 1.165) is 19.4 Å². The van der Waals surface area contributed by atoms with Gasteiger partial charge in [-0.15, -0.1) is 24.8 Å². The number of aromatic nitrogens is 2. The summed E-state index contributed by atoms with van der Waals surface area (Å²) in [7, 11) is 0. The van der Waals surface area contributed by atoms with E-state index in [0.29, 0.717) is 12.1 Å². The van der Waals surface area contributed by atoms with Gasteiger partial charge in [0.15, 0.2) is 6.61 Å². The maximum Gasteiger partial charge on any atom is 0.422 e. The van der Waals surface area contributed by atoms with Crippen LogP contribution in [0.25, 0.3) is 0 Å². The lowest BCUT2D eigenvalue weighted by molar-refractivity contribution is -0.154. The number of hydrogen-bond donors (Lipinski definition) is 2. The normalized spacial score (nSPS) is 17.8. The monoisotopic (exact) mass is 554 g/mol. The molecule has 1 aliphatic heterocycles. The lowest BCUT2D eigenvalue weighted by Crippen LogP contribution is -2.45. The molecular formula is C24H35Cl2F3N4O3. The Kier molecular flexibility index (Phi) is 13.0. The van der Waals surface area contributed by atoms with Crippen molar-refractivity contribution in [2.75, 3.05) is 13.2 Å². The summed E-state index contributed by atoms with van der Waals surface area (Å²) in [5.41, 5.74) is 1.73. The van der Waals surface area contributed by atoms with Crippen molar-refractivity contribution in [2.24, 2.45) is 0 Å². The fourth-order valence-electron chi connectivity index (χ4n) is 3.78. The Morgan fingerprint density at radius 2 is 1.58 bits per heavy atom. The van der Waals surface area contributed by atoms with Crippen molar-refractivity contribution in [3.05, 3.63) is 41.5 Å². The Morgan fingerprint density at radius 3 is 2.11 bits per heavy atom. The summed E-state index contributed by atoms with van der Waals surface area (Å²) in [6, 6.07) is 10.00. The maximum absolute atomic E-state index is 12.7. The fraction of sp³-hybridized carbons (Fsp3) is 0.583. The standard InChI is InChI=1S/C24H33F3N4O3.2ClH/c1-15(2)33-21-18(22(34-16(3)4)31-23(30-21)32-14-24(25,26)27)13-29-19-11-8-12-28-20(19)17-9-6-5-7-10-17;;/h5-7,9-10,15-16,19-20,28-29H,8,11-14H2,1-4H3;2*1H/t19-,20-;;/m0../s1. The van der Waals surface area contributed by atoms with Crippen molar-refractivity contribution >= 4 is 24.8 Å². The van der Waals surface area contributed by atoms with E-state index in [4.69, 9.17) is 14.2 Å². The van der Waals surface area contributed by atoms with Crippen molar-refractivity contribution in [3.63, 3.8) is 0 Å². The van der Waals surface area contributed by atoms with Crippen molar-refractivity contribution < 1.29 is 27.4 Å². The number of nitrogens with one attached hydrogen (secondary N) is 2. The molecule has 0 spiro atoms. The zero-order valence-corrected chi connectivity index (χ0v) is 22.4. The van der Waals surface area contributed by atoms with E-state index in [1.807, 2.05) is 45.9 Å². The molecule has 0 amide bonds. The molecule has 7 nitrogen and oxygen atoms in total. The molecule has 1 aromatic carbocycles. The second-order valence-corrected chi connectivity index (χ2v) is 8.80. The number of rotatable bonds is 10. The molecule has 0 saturated carbocycles.